The van der Waals surface area contributed by atoms with Crippen molar-refractivity contribution in [1.82, 2.24) is 0 Å². The molecule has 1 N–H and O–H groups in total. The molecular formula is C17H14F3NO. The van der Waals surface area contributed by atoms with Crippen molar-refractivity contribution in [3.63, 3.8) is 0 Å². The number of rotatable bonds is 3. The van der Waals surface area contributed by atoms with Gasteiger partial charge in [0.25, 0.3) is 5.91 Å². The van der Waals surface area contributed by atoms with Crippen LogP contribution in [0.3, 0.4) is 0 Å². The summed E-state index contributed by atoms with van der Waals surface area (Å²) >= 11 is 0. The topological polar surface area (TPSA) is 29.1 Å². The average molecular weight is 305 g/mol. The lowest BCUT2D eigenvalue weighted by atomic mass is 10.0. The number of allylic oxidation sites excluding steroid dienone is 2. The molecule has 2 aromatic rings. The van der Waals surface area contributed by atoms with Gasteiger partial charge in [-0.05, 0) is 30.7 Å². The molecule has 0 aromatic heterocycles. The third-order valence-corrected chi connectivity index (χ3v) is 3.02. The van der Waals surface area contributed by atoms with Crippen LogP contribution in [0.1, 0.15) is 22.8 Å². The molecule has 2 nitrogen and oxygen atoms in total. The third kappa shape index (κ3) is 4.22. The number of alkyl halides is 3. The fraction of sp³-hybridized carbons (Fsp3) is 0.118. The molecule has 0 heterocycles. The van der Waals surface area contributed by atoms with Crippen LogP contribution < -0.4 is 5.32 Å². The molecule has 0 fully saturated rings. The second-order valence-corrected chi connectivity index (χ2v) is 4.73. The number of nitrogens with one attached hydrogen (secondary N) is 1. The molecule has 0 aliphatic carbocycles. The molecule has 2 rings (SSSR count). The van der Waals surface area contributed by atoms with Gasteiger partial charge in [0.05, 0.1) is 0 Å². The molecule has 1 amide bonds. The first kappa shape index (κ1) is 15.8. The van der Waals surface area contributed by atoms with Gasteiger partial charge < -0.3 is 5.32 Å². The van der Waals surface area contributed by atoms with E-state index in [1.165, 1.54) is 13.0 Å². The van der Waals surface area contributed by atoms with E-state index in [0.29, 0.717) is 16.8 Å². The van der Waals surface area contributed by atoms with Gasteiger partial charge in [0, 0.05) is 22.9 Å². The lowest BCUT2D eigenvalue weighted by Gasteiger charge is -2.12. The predicted molar refractivity (Wildman–Crippen MR) is 80.5 cm³/mol. The van der Waals surface area contributed by atoms with Crippen LogP contribution in [0.5, 0.6) is 0 Å². The zero-order valence-electron chi connectivity index (χ0n) is 11.8. The highest BCUT2D eigenvalue weighted by atomic mass is 19.4. The summed E-state index contributed by atoms with van der Waals surface area (Å²) in [7, 11) is 0. The van der Waals surface area contributed by atoms with Gasteiger partial charge in [-0.2, -0.15) is 13.2 Å². The fourth-order valence-electron chi connectivity index (χ4n) is 2.04. The normalized spacial score (nSPS) is 12.1. The van der Waals surface area contributed by atoms with Crippen LogP contribution in [0, 0.1) is 0 Å². The Morgan fingerprint density at radius 2 is 1.59 bits per heavy atom. The third-order valence-electron chi connectivity index (χ3n) is 3.02. The maximum atomic E-state index is 12.5. The molecule has 114 valence electrons. The van der Waals surface area contributed by atoms with Crippen molar-refractivity contribution in [1.29, 1.82) is 0 Å². The Labute approximate surface area is 126 Å². The number of hydrogen-bond donors (Lipinski definition) is 1. The minimum atomic E-state index is -4.40. The van der Waals surface area contributed by atoms with Gasteiger partial charge in [-0.25, -0.2) is 0 Å². The molecule has 22 heavy (non-hydrogen) atoms. The number of halogens is 3. The van der Waals surface area contributed by atoms with Crippen LogP contribution in [0.4, 0.5) is 18.9 Å². The molecule has 5 heteroatoms. The highest BCUT2D eigenvalue weighted by molar-refractivity contribution is 6.05. The Morgan fingerprint density at radius 3 is 2.23 bits per heavy atom. The highest BCUT2D eigenvalue weighted by Crippen LogP contribution is 2.28. The van der Waals surface area contributed by atoms with Gasteiger partial charge in [-0.1, -0.05) is 36.4 Å². The second-order valence-electron chi connectivity index (χ2n) is 4.73. The molecule has 0 spiro atoms. The number of carbonyl (C=O) groups excluding carboxylic acids is 1. The summed E-state index contributed by atoms with van der Waals surface area (Å²) in [6.07, 6.45) is -4.18. The Hall–Kier alpha value is -2.56. The van der Waals surface area contributed by atoms with Gasteiger partial charge in [0.1, 0.15) is 0 Å². The summed E-state index contributed by atoms with van der Waals surface area (Å²) < 4.78 is 37.5. The largest absolute Gasteiger partial charge is 0.410 e. The molecule has 0 aliphatic rings. The van der Waals surface area contributed by atoms with Gasteiger partial charge in [-0.3, -0.25) is 4.79 Å². The number of benzene rings is 2. The lowest BCUT2D eigenvalue weighted by Crippen LogP contribution is -2.13. The minimum absolute atomic E-state index is 0.0384. The van der Waals surface area contributed by atoms with Crippen LogP contribution in [0.2, 0.25) is 0 Å². The zero-order chi connectivity index (χ0) is 16.2. The number of para-hydroxylation sites is 1. The van der Waals surface area contributed by atoms with Crippen LogP contribution in [0.15, 0.2) is 60.7 Å². The second kappa shape index (κ2) is 6.47. The van der Waals surface area contributed by atoms with Crippen molar-refractivity contribution in [2.75, 3.05) is 5.32 Å². The standard InChI is InChI=1S/C17H14F3NO/c1-12(11-17(18,19)20)14-9-5-6-10-15(14)21-16(22)13-7-3-2-4-8-13/h2-11H,1H3,(H,21,22)/b12-11+. The molecule has 0 saturated heterocycles. The lowest BCUT2D eigenvalue weighted by molar-refractivity contribution is -0.0793. The first-order valence-electron chi connectivity index (χ1n) is 6.59. The molecule has 0 unspecified atom stereocenters. The first-order chi connectivity index (χ1) is 10.4. The highest BCUT2D eigenvalue weighted by Gasteiger charge is 2.24. The van der Waals surface area contributed by atoms with Gasteiger partial charge >= 0.3 is 6.18 Å². The fourth-order valence-corrected chi connectivity index (χ4v) is 2.04. The quantitative estimate of drug-likeness (QED) is 0.858. The molecule has 0 aliphatic heterocycles. The van der Waals surface area contributed by atoms with Gasteiger partial charge in [-0.15, -0.1) is 0 Å². The summed E-state index contributed by atoms with van der Waals surface area (Å²) in [6.45, 7) is 1.36. The van der Waals surface area contributed by atoms with E-state index in [0.717, 1.165) is 0 Å². The number of hydrogen-bond acceptors (Lipinski definition) is 1. The Kier molecular flexibility index (Phi) is 4.65. The Morgan fingerprint density at radius 1 is 1.00 bits per heavy atom. The molecule has 0 radical (unpaired) electrons. The van der Waals surface area contributed by atoms with E-state index in [2.05, 4.69) is 5.32 Å². The Balaban J connectivity index is 2.30. The monoisotopic (exact) mass is 305 g/mol. The predicted octanol–water partition coefficient (Wildman–Crippen LogP) is 4.90. The van der Waals surface area contributed by atoms with Crippen LogP contribution in [-0.2, 0) is 0 Å². The van der Waals surface area contributed by atoms with E-state index in [-0.39, 0.29) is 17.6 Å². The van der Waals surface area contributed by atoms with Crippen molar-refractivity contribution >= 4 is 17.2 Å². The maximum absolute atomic E-state index is 12.5. The smallest absolute Gasteiger partial charge is 0.321 e. The molecule has 2 aromatic carbocycles. The number of amides is 1. The zero-order valence-corrected chi connectivity index (χ0v) is 11.8. The summed E-state index contributed by atoms with van der Waals surface area (Å²) in [5, 5.41) is 2.65. The number of anilines is 1. The van der Waals surface area contributed by atoms with Crippen molar-refractivity contribution in [3.05, 3.63) is 71.8 Å². The van der Waals surface area contributed by atoms with Crippen molar-refractivity contribution in [3.8, 4) is 0 Å². The van der Waals surface area contributed by atoms with Crippen molar-refractivity contribution in [2.45, 2.75) is 13.1 Å². The van der Waals surface area contributed by atoms with Gasteiger partial charge in [0.2, 0.25) is 0 Å². The van der Waals surface area contributed by atoms with E-state index in [9.17, 15) is 18.0 Å². The Bertz CT molecular complexity index is 691. The molecule has 0 atom stereocenters. The van der Waals surface area contributed by atoms with E-state index < -0.39 is 6.18 Å². The summed E-state index contributed by atoms with van der Waals surface area (Å²) in [5.41, 5.74) is 1.16. The van der Waals surface area contributed by atoms with Gasteiger partial charge in [0.15, 0.2) is 0 Å². The maximum Gasteiger partial charge on any atom is 0.410 e. The van der Waals surface area contributed by atoms with Crippen LogP contribution in [-0.4, -0.2) is 12.1 Å². The summed E-state index contributed by atoms with van der Waals surface area (Å²) in [6, 6.07) is 14.9. The average Bonchev–Trinajstić information content (AvgIpc) is 2.47. The van der Waals surface area contributed by atoms with E-state index in [4.69, 9.17) is 0 Å². The molecule has 0 bridgehead atoms. The molecule has 0 saturated carbocycles. The summed E-state index contributed by atoms with van der Waals surface area (Å²) in [4.78, 5) is 12.1. The first-order valence-corrected chi connectivity index (χ1v) is 6.59. The summed E-state index contributed by atoms with van der Waals surface area (Å²) in [5.74, 6) is -0.368. The van der Waals surface area contributed by atoms with Crippen LogP contribution in [0.25, 0.3) is 5.57 Å². The van der Waals surface area contributed by atoms with Crippen molar-refractivity contribution in [2.24, 2.45) is 0 Å². The minimum Gasteiger partial charge on any atom is -0.321 e. The van der Waals surface area contributed by atoms with Crippen LogP contribution >= 0.6 is 0 Å². The van der Waals surface area contributed by atoms with E-state index in [1.54, 1.807) is 48.5 Å². The van der Waals surface area contributed by atoms with E-state index in [1.807, 2.05) is 0 Å². The SMILES string of the molecule is C/C(=C\C(F)(F)F)c1ccccc1NC(=O)c1ccccc1. The van der Waals surface area contributed by atoms with E-state index >= 15 is 0 Å². The van der Waals surface area contributed by atoms with Crippen molar-refractivity contribution < 1.29 is 18.0 Å². The molecular weight excluding hydrogens is 291 g/mol. The number of carbonyl (C=O) groups is 1.